The summed E-state index contributed by atoms with van der Waals surface area (Å²) in [6, 6.07) is 10.6. The highest BCUT2D eigenvalue weighted by atomic mass is 32.1. The van der Waals surface area contributed by atoms with Gasteiger partial charge >= 0.3 is 0 Å². The number of thiophene rings is 1. The van der Waals surface area contributed by atoms with Crippen molar-refractivity contribution in [2.24, 2.45) is 0 Å². The predicted molar refractivity (Wildman–Crippen MR) is 138 cm³/mol. The Morgan fingerprint density at radius 2 is 1.97 bits per heavy atom. The molecule has 38 heavy (non-hydrogen) atoms. The van der Waals surface area contributed by atoms with E-state index in [1.807, 2.05) is 18.2 Å². The van der Waals surface area contributed by atoms with E-state index in [4.69, 9.17) is 9.97 Å². The molecule has 0 atom stereocenters. The summed E-state index contributed by atoms with van der Waals surface area (Å²) < 4.78 is 40.9. The number of hydrogen-bond acceptors (Lipinski definition) is 7. The molecular formula is C26H19F3N8S. The molecule has 6 aromatic heterocycles. The first-order valence-corrected chi connectivity index (χ1v) is 12.7. The number of fused-ring (bicyclic) bond motifs is 2. The molecule has 0 spiro atoms. The van der Waals surface area contributed by atoms with Crippen LogP contribution in [0.25, 0.3) is 55.4 Å². The van der Waals surface area contributed by atoms with Gasteiger partial charge in [-0.15, -0.1) is 11.3 Å². The van der Waals surface area contributed by atoms with E-state index in [2.05, 4.69) is 25.1 Å². The summed E-state index contributed by atoms with van der Waals surface area (Å²) in [6.45, 7) is 0.517. The Labute approximate surface area is 217 Å². The lowest BCUT2D eigenvalue weighted by molar-refractivity contribution is 0.0115. The van der Waals surface area contributed by atoms with Gasteiger partial charge in [0.25, 0.3) is 5.92 Å². The monoisotopic (exact) mass is 532 g/mol. The van der Waals surface area contributed by atoms with E-state index in [0.717, 1.165) is 38.4 Å². The zero-order valence-corrected chi connectivity index (χ0v) is 20.6. The number of halogens is 3. The summed E-state index contributed by atoms with van der Waals surface area (Å²) in [4.78, 5) is 24.0. The molecule has 2 N–H and O–H groups in total. The fourth-order valence-corrected chi connectivity index (χ4v) is 5.58. The Bertz CT molecular complexity index is 1810. The molecule has 0 saturated carbocycles. The van der Waals surface area contributed by atoms with Crippen molar-refractivity contribution in [3.63, 3.8) is 0 Å². The van der Waals surface area contributed by atoms with E-state index in [1.165, 1.54) is 6.07 Å². The minimum atomic E-state index is -2.64. The second kappa shape index (κ2) is 8.71. The number of nitrogens with one attached hydrogen (secondary N) is 2. The Morgan fingerprint density at radius 3 is 2.79 bits per heavy atom. The van der Waals surface area contributed by atoms with Crippen molar-refractivity contribution in [1.82, 2.24) is 40.0 Å². The quantitative estimate of drug-likeness (QED) is 0.297. The number of aromatic nitrogens is 7. The second-order valence-electron chi connectivity index (χ2n) is 9.31. The fourth-order valence-electron chi connectivity index (χ4n) is 4.82. The number of rotatable bonds is 5. The van der Waals surface area contributed by atoms with Crippen LogP contribution in [0.1, 0.15) is 12.0 Å². The van der Waals surface area contributed by atoms with Crippen molar-refractivity contribution in [1.29, 1.82) is 0 Å². The summed E-state index contributed by atoms with van der Waals surface area (Å²) in [7, 11) is 0. The molecule has 8 nitrogen and oxygen atoms in total. The van der Waals surface area contributed by atoms with Crippen LogP contribution in [0, 0.1) is 5.13 Å². The molecule has 0 aliphatic carbocycles. The van der Waals surface area contributed by atoms with Crippen molar-refractivity contribution in [3.05, 3.63) is 65.7 Å². The maximum Gasteiger partial charge on any atom is 0.261 e. The molecular weight excluding hydrogens is 513 g/mol. The van der Waals surface area contributed by atoms with Gasteiger partial charge in [0.2, 0.25) is 0 Å². The highest BCUT2D eigenvalue weighted by molar-refractivity contribution is 7.14. The molecule has 0 aromatic carbocycles. The summed E-state index contributed by atoms with van der Waals surface area (Å²) in [5.41, 5.74) is 6.08. The lowest BCUT2D eigenvalue weighted by Gasteiger charge is -2.15. The first-order valence-electron chi connectivity index (χ1n) is 11.9. The molecule has 7 rings (SSSR count). The molecule has 0 unspecified atom stereocenters. The van der Waals surface area contributed by atoms with Gasteiger partial charge in [-0.3, -0.25) is 15.0 Å². The first-order chi connectivity index (χ1) is 18.4. The smallest absolute Gasteiger partial charge is 0.261 e. The lowest BCUT2D eigenvalue weighted by Crippen LogP contribution is -2.24. The minimum Gasteiger partial charge on any atom is -0.321 e. The fraction of sp³-hybridized carbons (Fsp3) is 0.192. The van der Waals surface area contributed by atoms with Crippen molar-refractivity contribution < 1.29 is 13.2 Å². The van der Waals surface area contributed by atoms with Crippen molar-refractivity contribution in [3.8, 4) is 33.2 Å². The summed E-state index contributed by atoms with van der Waals surface area (Å²) in [5.74, 6) is -2.16. The molecule has 12 heteroatoms. The molecule has 0 bridgehead atoms. The van der Waals surface area contributed by atoms with Crippen LogP contribution in [0.4, 0.5) is 13.2 Å². The number of imidazole rings is 1. The van der Waals surface area contributed by atoms with E-state index in [0.29, 0.717) is 47.0 Å². The molecule has 0 amide bonds. The molecule has 1 aliphatic heterocycles. The predicted octanol–water partition coefficient (Wildman–Crippen LogP) is 5.67. The number of hydrogen-bond donors (Lipinski definition) is 2. The van der Waals surface area contributed by atoms with Gasteiger partial charge in [-0.05, 0) is 42.0 Å². The zero-order valence-electron chi connectivity index (χ0n) is 19.8. The average molecular weight is 533 g/mol. The largest absolute Gasteiger partial charge is 0.321 e. The third-order valence-electron chi connectivity index (χ3n) is 6.60. The van der Waals surface area contributed by atoms with Gasteiger partial charge in [0, 0.05) is 54.1 Å². The van der Waals surface area contributed by atoms with Gasteiger partial charge in [0.15, 0.2) is 22.3 Å². The number of nitrogens with zero attached hydrogens (tertiary/aromatic N) is 6. The number of aromatic amines is 2. The van der Waals surface area contributed by atoms with E-state index >= 15 is 0 Å². The zero-order chi connectivity index (χ0) is 25.9. The molecule has 0 radical (unpaired) electrons. The number of likely N-dealkylation sites (tertiary alicyclic amines) is 1. The molecule has 7 heterocycles. The van der Waals surface area contributed by atoms with Gasteiger partial charge in [-0.1, -0.05) is 0 Å². The van der Waals surface area contributed by atoms with Gasteiger partial charge in [-0.2, -0.15) is 9.49 Å². The van der Waals surface area contributed by atoms with E-state index in [1.54, 1.807) is 35.6 Å². The summed E-state index contributed by atoms with van der Waals surface area (Å²) in [6.07, 6.45) is 4.93. The molecule has 1 saturated heterocycles. The van der Waals surface area contributed by atoms with Crippen molar-refractivity contribution >= 4 is 33.5 Å². The van der Waals surface area contributed by atoms with Crippen LogP contribution in [0.15, 0.2) is 55.0 Å². The number of pyridine rings is 3. The van der Waals surface area contributed by atoms with Crippen LogP contribution in [-0.2, 0) is 6.54 Å². The third-order valence-corrected chi connectivity index (χ3v) is 7.51. The molecule has 1 fully saturated rings. The standard InChI is InChI=1S/C26H19F3N8S/c27-20-4-3-19(38-20)16-5-7-31-24-21(16)33-25(34-24)23-22-18(35-36-23)2-1-17(32-22)15-9-14(10-30-11-15)12-37-8-6-26(28,29)13-37/h1-5,7,9-11H,6,8,12-13H2,(H,35,36)(H,31,33,34). The Morgan fingerprint density at radius 1 is 1.05 bits per heavy atom. The minimum absolute atomic E-state index is 0.120. The number of H-pyrrole nitrogens is 2. The maximum atomic E-state index is 13.7. The van der Waals surface area contributed by atoms with Gasteiger partial charge in [-0.25, -0.2) is 23.7 Å². The van der Waals surface area contributed by atoms with Crippen LogP contribution >= 0.6 is 11.3 Å². The SMILES string of the molecule is Fc1ccc(-c2ccnc3[nH]c(-c4n[nH]c5ccc(-c6cncc(CN7CCC(F)(F)C7)c6)nc45)nc23)s1. The summed E-state index contributed by atoms with van der Waals surface area (Å²) >= 11 is 1.05. The lowest BCUT2D eigenvalue weighted by atomic mass is 10.1. The summed E-state index contributed by atoms with van der Waals surface area (Å²) in [5, 5.41) is 7.16. The van der Waals surface area contributed by atoms with Crippen LogP contribution in [0.3, 0.4) is 0 Å². The van der Waals surface area contributed by atoms with E-state index < -0.39 is 5.92 Å². The van der Waals surface area contributed by atoms with Crippen LogP contribution < -0.4 is 0 Å². The molecule has 190 valence electrons. The van der Waals surface area contributed by atoms with Gasteiger partial charge < -0.3 is 4.98 Å². The van der Waals surface area contributed by atoms with E-state index in [-0.39, 0.29) is 18.1 Å². The van der Waals surface area contributed by atoms with Gasteiger partial charge in [0.1, 0.15) is 11.0 Å². The topological polar surface area (TPSA) is 99.3 Å². The first kappa shape index (κ1) is 23.0. The average Bonchev–Trinajstić information content (AvgIpc) is 3.69. The highest BCUT2D eigenvalue weighted by Crippen LogP contribution is 2.34. The van der Waals surface area contributed by atoms with Crippen LogP contribution in [0.2, 0.25) is 0 Å². The Kier molecular flexibility index (Phi) is 5.27. The maximum absolute atomic E-state index is 13.7. The Hall–Kier alpha value is -4.16. The van der Waals surface area contributed by atoms with Crippen LogP contribution in [0.5, 0.6) is 0 Å². The number of alkyl halides is 2. The highest BCUT2D eigenvalue weighted by Gasteiger charge is 2.37. The van der Waals surface area contributed by atoms with Crippen molar-refractivity contribution in [2.45, 2.75) is 18.9 Å². The molecule has 1 aliphatic rings. The van der Waals surface area contributed by atoms with E-state index in [9.17, 15) is 13.2 Å². The van der Waals surface area contributed by atoms with Crippen molar-refractivity contribution in [2.75, 3.05) is 13.1 Å². The molecule has 6 aromatic rings. The van der Waals surface area contributed by atoms with Crippen LogP contribution in [-0.4, -0.2) is 59.0 Å². The van der Waals surface area contributed by atoms with Gasteiger partial charge in [0.05, 0.1) is 17.8 Å². The third kappa shape index (κ3) is 4.11. The normalized spacial score (nSPS) is 15.7. The Balaban J connectivity index is 1.24. The second-order valence-corrected chi connectivity index (χ2v) is 10.3.